The first-order valence-corrected chi connectivity index (χ1v) is 6.05. The molecule has 0 aliphatic heterocycles. The van der Waals surface area contributed by atoms with Crippen LogP contribution in [-0.2, 0) is 16.1 Å². The number of carboxylic acids is 1. The van der Waals surface area contributed by atoms with Gasteiger partial charge >= 0.3 is 5.97 Å². The molecular formula is C12H17N3O3. The number of nitrogens with one attached hydrogen (secondary N) is 1. The Morgan fingerprint density at radius 3 is 2.83 bits per heavy atom. The van der Waals surface area contributed by atoms with Gasteiger partial charge in [0.2, 0.25) is 5.91 Å². The zero-order chi connectivity index (χ0) is 13.1. The summed E-state index contributed by atoms with van der Waals surface area (Å²) in [6, 6.07) is 0. The van der Waals surface area contributed by atoms with Gasteiger partial charge in [-0.1, -0.05) is 6.42 Å². The maximum absolute atomic E-state index is 12.2. The summed E-state index contributed by atoms with van der Waals surface area (Å²) in [4.78, 5) is 31.8. The number of carboxylic acid groups (broad SMARTS) is 1. The number of nitrogens with zero attached hydrogens (tertiary/aromatic N) is 2. The molecule has 0 aromatic carbocycles. The number of imidazole rings is 1. The van der Waals surface area contributed by atoms with E-state index in [0.29, 0.717) is 25.2 Å². The number of carbonyl (C=O) groups is 2. The Balaban J connectivity index is 1.99. The molecule has 1 saturated carbocycles. The maximum Gasteiger partial charge on any atom is 0.307 e. The molecule has 0 spiro atoms. The molecule has 1 aromatic rings. The summed E-state index contributed by atoms with van der Waals surface area (Å²) in [5.41, 5.74) is 0. The predicted octanol–water partition coefficient (Wildman–Crippen LogP) is 0.869. The monoisotopic (exact) mass is 251 g/mol. The number of hydrogen-bond donors (Lipinski definition) is 2. The second-order valence-electron chi connectivity index (χ2n) is 4.71. The van der Waals surface area contributed by atoms with Gasteiger partial charge in [-0.15, -0.1) is 0 Å². The molecule has 2 N–H and O–H groups in total. The van der Waals surface area contributed by atoms with E-state index >= 15 is 0 Å². The van der Waals surface area contributed by atoms with Crippen LogP contribution in [0.1, 0.15) is 25.1 Å². The number of aliphatic carboxylic acids is 1. The first-order chi connectivity index (χ1) is 8.59. The van der Waals surface area contributed by atoms with Gasteiger partial charge in [-0.25, -0.2) is 4.98 Å². The van der Waals surface area contributed by atoms with Crippen molar-refractivity contribution in [3.05, 3.63) is 18.2 Å². The molecule has 98 valence electrons. The summed E-state index contributed by atoms with van der Waals surface area (Å²) in [5, 5.41) is 9.08. The van der Waals surface area contributed by atoms with E-state index in [1.807, 2.05) is 0 Å². The third-order valence-corrected chi connectivity index (χ3v) is 3.47. The number of aromatic nitrogens is 2. The van der Waals surface area contributed by atoms with Crippen molar-refractivity contribution in [1.29, 1.82) is 0 Å². The lowest BCUT2D eigenvalue weighted by molar-refractivity contribution is -0.148. The number of rotatable bonds is 4. The summed E-state index contributed by atoms with van der Waals surface area (Å²) in [6.07, 6.45) is 5.40. The molecule has 6 heteroatoms. The molecule has 1 fully saturated rings. The highest BCUT2D eigenvalue weighted by atomic mass is 16.4. The molecule has 1 heterocycles. The largest absolute Gasteiger partial charge is 0.481 e. The number of H-pyrrole nitrogens is 1. The molecule has 6 nitrogen and oxygen atoms in total. The molecule has 0 bridgehead atoms. The predicted molar refractivity (Wildman–Crippen MR) is 63.5 cm³/mol. The highest BCUT2D eigenvalue weighted by Crippen LogP contribution is 2.33. The van der Waals surface area contributed by atoms with Crippen LogP contribution in [0.3, 0.4) is 0 Å². The van der Waals surface area contributed by atoms with Crippen LogP contribution in [0.25, 0.3) is 0 Å². The fourth-order valence-corrected chi connectivity index (χ4v) is 2.52. The smallest absolute Gasteiger partial charge is 0.307 e. The minimum absolute atomic E-state index is 0.101. The molecule has 0 radical (unpaired) electrons. The van der Waals surface area contributed by atoms with Crippen LogP contribution in [0.2, 0.25) is 0 Å². The van der Waals surface area contributed by atoms with Gasteiger partial charge in [-0.3, -0.25) is 9.59 Å². The van der Waals surface area contributed by atoms with E-state index in [2.05, 4.69) is 9.97 Å². The van der Waals surface area contributed by atoms with Crippen molar-refractivity contribution in [2.45, 2.75) is 25.8 Å². The van der Waals surface area contributed by atoms with Gasteiger partial charge in [0, 0.05) is 19.4 Å². The van der Waals surface area contributed by atoms with Crippen LogP contribution in [0.5, 0.6) is 0 Å². The first-order valence-electron chi connectivity index (χ1n) is 6.05. The Kier molecular flexibility index (Phi) is 3.64. The zero-order valence-electron chi connectivity index (χ0n) is 10.3. The van der Waals surface area contributed by atoms with Crippen LogP contribution in [0.4, 0.5) is 0 Å². The van der Waals surface area contributed by atoms with Crippen LogP contribution in [0, 0.1) is 11.8 Å². The molecular weight excluding hydrogens is 234 g/mol. The van der Waals surface area contributed by atoms with E-state index in [4.69, 9.17) is 5.11 Å². The van der Waals surface area contributed by atoms with Crippen LogP contribution < -0.4 is 0 Å². The average molecular weight is 251 g/mol. The van der Waals surface area contributed by atoms with Crippen molar-refractivity contribution in [3.63, 3.8) is 0 Å². The van der Waals surface area contributed by atoms with E-state index in [1.54, 1.807) is 24.3 Å². The minimum atomic E-state index is -0.864. The first kappa shape index (κ1) is 12.6. The van der Waals surface area contributed by atoms with Crippen molar-refractivity contribution in [2.24, 2.45) is 11.8 Å². The molecule has 1 aromatic heterocycles. The van der Waals surface area contributed by atoms with Crippen LogP contribution >= 0.6 is 0 Å². The summed E-state index contributed by atoms with van der Waals surface area (Å²) >= 11 is 0. The summed E-state index contributed by atoms with van der Waals surface area (Å²) in [5.74, 6) is -1.18. The van der Waals surface area contributed by atoms with Gasteiger partial charge in [0.1, 0.15) is 5.82 Å². The van der Waals surface area contributed by atoms with Crippen LogP contribution in [0.15, 0.2) is 12.4 Å². The lowest BCUT2D eigenvalue weighted by Gasteiger charge is -2.22. The van der Waals surface area contributed by atoms with Crippen molar-refractivity contribution >= 4 is 11.9 Å². The fraction of sp³-hybridized carbons (Fsp3) is 0.583. The van der Waals surface area contributed by atoms with Gasteiger partial charge < -0.3 is 15.0 Å². The second-order valence-corrected chi connectivity index (χ2v) is 4.71. The highest BCUT2D eigenvalue weighted by Gasteiger charge is 2.39. The Labute approximate surface area is 105 Å². The lowest BCUT2D eigenvalue weighted by Crippen LogP contribution is -2.36. The topological polar surface area (TPSA) is 86.3 Å². The molecule has 1 amide bonds. The van der Waals surface area contributed by atoms with Gasteiger partial charge in [0.25, 0.3) is 0 Å². The van der Waals surface area contributed by atoms with Crippen molar-refractivity contribution < 1.29 is 14.7 Å². The van der Waals surface area contributed by atoms with Crippen molar-refractivity contribution in [3.8, 4) is 0 Å². The average Bonchev–Trinajstić information content (AvgIpc) is 2.97. The van der Waals surface area contributed by atoms with Crippen molar-refractivity contribution in [1.82, 2.24) is 14.9 Å². The van der Waals surface area contributed by atoms with Gasteiger partial charge in [-0.05, 0) is 12.8 Å². The van der Waals surface area contributed by atoms with E-state index in [-0.39, 0.29) is 11.8 Å². The lowest BCUT2D eigenvalue weighted by atomic mass is 9.95. The zero-order valence-corrected chi connectivity index (χ0v) is 10.3. The molecule has 0 saturated heterocycles. The molecule has 1 aliphatic carbocycles. The molecule has 18 heavy (non-hydrogen) atoms. The minimum Gasteiger partial charge on any atom is -0.481 e. The number of carbonyl (C=O) groups excluding carboxylic acids is 1. The van der Waals surface area contributed by atoms with Gasteiger partial charge in [0.15, 0.2) is 0 Å². The summed E-state index contributed by atoms with van der Waals surface area (Å²) in [7, 11) is 1.68. The Bertz CT molecular complexity index is 430. The van der Waals surface area contributed by atoms with E-state index < -0.39 is 11.9 Å². The highest BCUT2D eigenvalue weighted by molar-refractivity contribution is 5.85. The second kappa shape index (κ2) is 5.20. The van der Waals surface area contributed by atoms with Crippen molar-refractivity contribution in [2.75, 3.05) is 7.05 Å². The Morgan fingerprint density at radius 1 is 1.50 bits per heavy atom. The number of aromatic amines is 1. The van der Waals surface area contributed by atoms with E-state index in [1.165, 1.54) is 0 Å². The Hall–Kier alpha value is -1.85. The van der Waals surface area contributed by atoms with E-state index in [0.717, 1.165) is 6.42 Å². The standard InChI is InChI=1S/C12H17N3O3/c1-15(7-10-13-5-6-14-10)11(16)8-3-2-4-9(8)12(17)18/h5-6,8-9H,2-4,7H2,1H3,(H,13,14)(H,17,18). The van der Waals surface area contributed by atoms with Gasteiger partial charge in [0.05, 0.1) is 18.4 Å². The molecule has 2 rings (SSSR count). The third kappa shape index (κ3) is 2.52. The SMILES string of the molecule is CN(Cc1ncc[nH]1)C(=O)C1CCCC1C(=O)O. The van der Waals surface area contributed by atoms with E-state index in [9.17, 15) is 9.59 Å². The quantitative estimate of drug-likeness (QED) is 0.831. The maximum atomic E-state index is 12.2. The summed E-state index contributed by atoms with van der Waals surface area (Å²) < 4.78 is 0. The number of hydrogen-bond acceptors (Lipinski definition) is 3. The third-order valence-electron chi connectivity index (χ3n) is 3.47. The Morgan fingerprint density at radius 2 is 2.22 bits per heavy atom. The van der Waals surface area contributed by atoms with Crippen LogP contribution in [-0.4, -0.2) is 38.9 Å². The molecule has 2 atom stereocenters. The fourth-order valence-electron chi connectivity index (χ4n) is 2.52. The normalized spacial score (nSPS) is 22.9. The number of amides is 1. The van der Waals surface area contributed by atoms with Gasteiger partial charge in [-0.2, -0.15) is 0 Å². The summed E-state index contributed by atoms with van der Waals surface area (Å²) in [6.45, 7) is 0.384. The molecule has 2 unspecified atom stereocenters. The molecule has 1 aliphatic rings.